The maximum Gasteiger partial charge on any atom is 0.374 e. The van der Waals surface area contributed by atoms with Crippen LogP contribution in [-0.4, -0.2) is 18.7 Å². The third kappa shape index (κ3) is 4.08. The summed E-state index contributed by atoms with van der Waals surface area (Å²) in [7, 11) is -3.99. The van der Waals surface area contributed by atoms with E-state index in [9.17, 15) is 8.42 Å². The van der Waals surface area contributed by atoms with Crippen LogP contribution >= 0.6 is 0 Å². The van der Waals surface area contributed by atoms with Crippen LogP contribution in [0.4, 0.5) is 5.69 Å². The first-order chi connectivity index (χ1) is 13.5. The van der Waals surface area contributed by atoms with Crippen LogP contribution in [0.1, 0.15) is 12.3 Å². The Morgan fingerprint density at radius 2 is 1.89 bits per heavy atom. The van der Waals surface area contributed by atoms with Crippen LogP contribution in [0.15, 0.2) is 71.0 Å². The third-order valence-corrected chi connectivity index (χ3v) is 5.08. The van der Waals surface area contributed by atoms with Crippen LogP contribution in [-0.2, 0) is 16.7 Å². The summed E-state index contributed by atoms with van der Waals surface area (Å²) < 4.78 is 44.4. The molecule has 0 amide bonds. The minimum atomic E-state index is -3.99. The van der Waals surface area contributed by atoms with Crippen LogP contribution in [0.3, 0.4) is 0 Å². The lowest BCUT2D eigenvalue weighted by Gasteiger charge is -1.96. The lowest BCUT2D eigenvalue weighted by atomic mass is 10.3. The van der Waals surface area contributed by atoms with E-state index in [2.05, 4.69) is 5.32 Å². The van der Waals surface area contributed by atoms with Crippen molar-refractivity contribution in [2.75, 3.05) is 11.1 Å². The van der Waals surface area contributed by atoms with Crippen LogP contribution in [0.2, 0.25) is 0 Å². The average Bonchev–Trinajstić information content (AvgIpc) is 3.22. The number of hydrogen-bond acceptors (Lipinski definition) is 5. The highest BCUT2D eigenvalue weighted by Gasteiger charge is 2.21. The van der Waals surface area contributed by atoms with Crippen molar-refractivity contribution in [1.82, 2.24) is 0 Å². The number of aryl methyl sites for hydroxylation is 1. The highest BCUT2D eigenvalue weighted by atomic mass is 32.2. The number of benzene rings is 2. The summed E-state index contributed by atoms with van der Waals surface area (Å²) in [5.74, 6) is 1.64. The third-order valence-electron chi connectivity index (χ3n) is 4.27. The van der Waals surface area contributed by atoms with Gasteiger partial charge in [0.05, 0.1) is 17.5 Å². The molecule has 0 atom stereocenters. The molecule has 2 aromatic carbocycles. The number of rotatable bonds is 6. The summed E-state index contributed by atoms with van der Waals surface area (Å²) in [5.41, 5.74) is 2.46. The molecule has 0 spiro atoms. The molecule has 3 aromatic rings. The predicted molar refractivity (Wildman–Crippen MR) is 105 cm³/mol. The zero-order valence-corrected chi connectivity index (χ0v) is 15.7. The van der Waals surface area contributed by atoms with Gasteiger partial charge in [0.1, 0.15) is 0 Å². The van der Waals surface area contributed by atoms with Gasteiger partial charge < -0.3 is 14.5 Å². The van der Waals surface area contributed by atoms with Crippen LogP contribution < -0.4 is 14.6 Å². The maximum absolute atomic E-state index is 11.0. The number of nitrogens with zero attached hydrogens (tertiary/aromatic N) is 1. The molecular weight excluding hydrogens is 380 g/mol. The van der Waals surface area contributed by atoms with Crippen molar-refractivity contribution in [1.29, 1.82) is 0 Å². The fourth-order valence-corrected chi connectivity index (χ4v) is 3.54. The first kappa shape index (κ1) is 18.3. The van der Waals surface area contributed by atoms with Gasteiger partial charge in [0.2, 0.25) is 5.58 Å². The minimum Gasteiger partial charge on any atom is -0.439 e. The molecule has 7 nitrogen and oxygen atoms in total. The Balaban J connectivity index is 1.55. The van der Waals surface area contributed by atoms with Crippen molar-refractivity contribution in [3.8, 4) is 5.75 Å². The molecule has 2 heterocycles. The van der Waals surface area contributed by atoms with Gasteiger partial charge >= 0.3 is 5.89 Å². The van der Waals surface area contributed by atoms with Crippen molar-refractivity contribution < 1.29 is 26.7 Å². The highest BCUT2D eigenvalue weighted by molar-refractivity contribution is 7.85. The Morgan fingerprint density at radius 1 is 1.11 bits per heavy atom. The second-order valence-electron chi connectivity index (χ2n) is 6.31. The van der Waals surface area contributed by atoms with E-state index in [1.807, 2.05) is 53.1 Å². The number of para-hydroxylation sites is 4. The van der Waals surface area contributed by atoms with E-state index in [-0.39, 0.29) is 12.2 Å². The summed E-state index contributed by atoms with van der Waals surface area (Å²) in [5, 5.41) is 3.17. The highest BCUT2D eigenvalue weighted by Crippen LogP contribution is 2.32. The summed E-state index contributed by atoms with van der Waals surface area (Å²) in [6.45, 7) is 0.396. The molecule has 8 heteroatoms. The van der Waals surface area contributed by atoms with Gasteiger partial charge in [-0.05, 0) is 30.4 Å². The Labute approximate surface area is 162 Å². The number of fused-ring (bicyclic) bond motifs is 2. The van der Waals surface area contributed by atoms with Gasteiger partial charge in [0.15, 0.2) is 18.2 Å². The Kier molecular flexibility index (Phi) is 4.89. The van der Waals surface area contributed by atoms with Gasteiger partial charge in [0, 0.05) is 12.5 Å². The van der Waals surface area contributed by atoms with E-state index in [0.717, 1.165) is 17.0 Å². The molecule has 0 aliphatic carbocycles. The number of ether oxygens (including phenoxy) is 1. The molecule has 0 radical (unpaired) electrons. The summed E-state index contributed by atoms with van der Waals surface area (Å²) >= 11 is 0. The SMILES string of the molecule is O=S(=O)(O)CCC[n+]1c(C=CC=C2Nc3ccccc3O2)oc2ccccc21. The van der Waals surface area contributed by atoms with Gasteiger partial charge in [-0.25, -0.2) is 0 Å². The number of hydrogen-bond donors (Lipinski definition) is 2. The van der Waals surface area contributed by atoms with Crippen molar-refractivity contribution >= 4 is 33.0 Å². The number of oxazole rings is 1. The molecule has 0 fully saturated rings. The quantitative estimate of drug-likeness (QED) is 0.488. The molecule has 0 unspecified atom stereocenters. The van der Waals surface area contributed by atoms with Crippen molar-refractivity contribution in [3.63, 3.8) is 0 Å². The zero-order chi connectivity index (χ0) is 19.6. The molecule has 144 valence electrons. The second-order valence-corrected chi connectivity index (χ2v) is 7.88. The second kappa shape index (κ2) is 7.49. The number of anilines is 1. The summed E-state index contributed by atoms with van der Waals surface area (Å²) in [4.78, 5) is 0. The largest absolute Gasteiger partial charge is 0.439 e. The Hall–Kier alpha value is -3.10. The molecule has 0 saturated carbocycles. The van der Waals surface area contributed by atoms with E-state index >= 15 is 0 Å². The predicted octanol–water partition coefficient (Wildman–Crippen LogP) is 3.36. The van der Waals surface area contributed by atoms with Gasteiger partial charge in [-0.3, -0.25) is 4.55 Å². The average molecular weight is 399 g/mol. The standard InChI is InChI=1S/C20H18N2O5S/c23-28(24,25)14-6-13-22-16-8-2-4-10-18(16)27-20(22)12-5-11-19-21-15-7-1-3-9-17(15)26-19/h1-5,7-12H,6,13-14H2,(H,23,24,25)/p+1. The van der Waals surface area contributed by atoms with Crippen LogP contribution in [0.5, 0.6) is 5.75 Å². The molecular formula is C20H19N2O5S+. The van der Waals surface area contributed by atoms with Crippen LogP contribution in [0, 0.1) is 0 Å². The van der Waals surface area contributed by atoms with E-state index in [0.29, 0.717) is 23.9 Å². The molecule has 1 aliphatic heterocycles. The Bertz CT molecular complexity index is 1150. The molecule has 4 rings (SSSR count). The first-order valence-electron chi connectivity index (χ1n) is 8.78. The molecule has 0 saturated heterocycles. The maximum atomic E-state index is 11.0. The molecule has 1 aromatic heterocycles. The number of allylic oxidation sites excluding steroid dienone is 2. The van der Waals surface area contributed by atoms with E-state index in [1.165, 1.54) is 0 Å². The molecule has 28 heavy (non-hydrogen) atoms. The number of nitrogens with one attached hydrogen (secondary N) is 1. The van der Waals surface area contributed by atoms with Crippen molar-refractivity contribution in [2.24, 2.45) is 0 Å². The normalized spacial score (nSPS) is 15.1. The van der Waals surface area contributed by atoms with E-state index < -0.39 is 10.1 Å². The minimum absolute atomic E-state index is 0.273. The van der Waals surface area contributed by atoms with Gasteiger partial charge in [-0.15, -0.1) is 0 Å². The molecule has 2 N–H and O–H groups in total. The monoisotopic (exact) mass is 399 g/mol. The summed E-state index contributed by atoms with van der Waals surface area (Å²) in [6.07, 6.45) is 5.64. The van der Waals surface area contributed by atoms with Gasteiger partial charge in [0.25, 0.3) is 15.6 Å². The number of aromatic nitrogens is 1. The molecule has 0 bridgehead atoms. The summed E-state index contributed by atoms with van der Waals surface area (Å²) in [6, 6.07) is 15.2. The fourth-order valence-electron chi connectivity index (χ4n) is 3.04. The Morgan fingerprint density at radius 3 is 2.71 bits per heavy atom. The smallest absolute Gasteiger partial charge is 0.374 e. The van der Waals surface area contributed by atoms with Gasteiger partial charge in [-0.1, -0.05) is 24.3 Å². The van der Waals surface area contributed by atoms with Gasteiger partial charge in [-0.2, -0.15) is 13.0 Å². The fraction of sp³-hybridized carbons (Fsp3) is 0.150. The topological polar surface area (TPSA) is 92.7 Å². The van der Waals surface area contributed by atoms with E-state index in [4.69, 9.17) is 13.7 Å². The molecule has 1 aliphatic rings. The lowest BCUT2D eigenvalue weighted by Crippen LogP contribution is -2.36. The first-order valence-corrected chi connectivity index (χ1v) is 10.4. The zero-order valence-electron chi connectivity index (χ0n) is 14.9. The van der Waals surface area contributed by atoms with Crippen molar-refractivity contribution in [2.45, 2.75) is 13.0 Å². The van der Waals surface area contributed by atoms with E-state index in [1.54, 1.807) is 18.2 Å². The lowest BCUT2D eigenvalue weighted by molar-refractivity contribution is -0.677. The van der Waals surface area contributed by atoms with Crippen LogP contribution in [0.25, 0.3) is 17.2 Å². The van der Waals surface area contributed by atoms with Crippen molar-refractivity contribution in [3.05, 3.63) is 72.5 Å².